The molecule has 0 aliphatic heterocycles. The molecule has 0 bridgehead atoms. The molecule has 0 amide bonds. The smallest absolute Gasteiger partial charge is 0.310 e. The van der Waals surface area contributed by atoms with Crippen LogP contribution in [0.15, 0.2) is 53.6 Å². The van der Waals surface area contributed by atoms with Gasteiger partial charge in [-0.2, -0.15) is 18.8 Å². The molecule has 0 atom stereocenters. The molecule has 0 fully saturated rings. The number of nitrogens with zero attached hydrogens (tertiary/aromatic N) is 3. The standard InChI is InChI=1S/C23H23N3O7S2/c1-4-12-35(30,31)33-23-20(15-25-26(23)5-2)22(27)19-11-10-18(34(3,28)29)13-21(19)32-17-8-6-16(14-24)7-9-17/h6-11,13,15H,4-5,12H2,1-3H3. The van der Waals surface area contributed by atoms with Crippen LogP contribution in [0, 0.1) is 11.3 Å². The van der Waals surface area contributed by atoms with Gasteiger partial charge in [-0.15, -0.1) is 0 Å². The summed E-state index contributed by atoms with van der Waals surface area (Å²) in [5.41, 5.74) is 0.235. The summed E-state index contributed by atoms with van der Waals surface area (Å²) in [6, 6.07) is 11.7. The summed E-state index contributed by atoms with van der Waals surface area (Å²) in [5.74, 6) is -0.965. The molecule has 0 aliphatic rings. The molecule has 0 saturated carbocycles. The molecule has 0 spiro atoms. The minimum absolute atomic E-state index is 0.0323. The Morgan fingerprint density at radius 2 is 1.74 bits per heavy atom. The molecule has 35 heavy (non-hydrogen) atoms. The Bertz CT molecular complexity index is 1500. The lowest BCUT2D eigenvalue weighted by Gasteiger charge is -2.13. The quantitative estimate of drug-likeness (QED) is 0.292. The van der Waals surface area contributed by atoms with E-state index in [1.54, 1.807) is 13.8 Å². The Hall–Kier alpha value is -3.69. The van der Waals surface area contributed by atoms with Crippen LogP contribution in [-0.2, 0) is 26.5 Å². The summed E-state index contributed by atoms with van der Waals surface area (Å²) in [7, 11) is -7.60. The van der Waals surface area contributed by atoms with Gasteiger partial charge in [0.25, 0.3) is 0 Å². The molecular formula is C23H23N3O7S2. The molecule has 1 aromatic heterocycles. The molecule has 12 heteroatoms. The Morgan fingerprint density at radius 3 is 2.31 bits per heavy atom. The number of aromatic nitrogens is 2. The van der Waals surface area contributed by atoms with E-state index in [2.05, 4.69) is 5.10 Å². The van der Waals surface area contributed by atoms with Crippen molar-refractivity contribution in [3.05, 3.63) is 65.4 Å². The molecule has 0 radical (unpaired) electrons. The van der Waals surface area contributed by atoms with Gasteiger partial charge < -0.3 is 8.92 Å². The average Bonchev–Trinajstić information content (AvgIpc) is 3.20. The largest absolute Gasteiger partial charge is 0.457 e. The maximum absolute atomic E-state index is 13.5. The number of benzene rings is 2. The van der Waals surface area contributed by atoms with Gasteiger partial charge in [0.05, 0.1) is 34.0 Å². The Morgan fingerprint density at radius 1 is 1.06 bits per heavy atom. The zero-order valence-corrected chi connectivity index (χ0v) is 20.9. The van der Waals surface area contributed by atoms with Gasteiger partial charge in [-0.05, 0) is 49.7 Å². The first kappa shape index (κ1) is 25.9. The third kappa shape index (κ3) is 6.06. The zero-order chi connectivity index (χ0) is 25.8. The lowest BCUT2D eigenvalue weighted by atomic mass is 10.0. The second kappa shape index (κ2) is 10.3. The Balaban J connectivity index is 2.11. The minimum Gasteiger partial charge on any atom is -0.457 e. The predicted molar refractivity (Wildman–Crippen MR) is 127 cm³/mol. The van der Waals surface area contributed by atoms with Crippen LogP contribution in [0.4, 0.5) is 0 Å². The van der Waals surface area contributed by atoms with Crippen LogP contribution in [0.2, 0.25) is 0 Å². The fourth-order valence-electron chi connectivity index (χ4n) is 3.13. The topological polar surface area (TPSA) is 145 Å². The fourth-order valence-corrected chi connectivity index (χ4v) is 4.77. The van der Waals surface area contributed by atoms with Crippen molar-refractivity contribution in [2.24, 2.45) is 0 Å². The van der Waals surface area contributed by atoms with Gasteiger partial charge in [0.1, 0.15) is 17.1 Å². The molecule has 3 aromatic rings. The van der Waals surface area contributed by atoms with Crippen LogP contribution < -0.4 is 8.92 Å². The predicted octanol–water partition coefficient (Wildman–Crippen LogP) is 3.32. The van der Waals surface area contributed by atoms with E-state index in [-0.39, 0.29) is 45.7 Å². The summed E-state index contributed by atoms with van der Waals surface area (Å²) in [6.07, 6.45) is 2.53. The van der Waals surface area contributed by atoms with Crippen LogP contribution in [0.25, 0.3) is 0 Å². The van der Waals surface area contributed by atoms with Crippen LogP contribution in [0.3, 0.4) is 0 Å². The van der Waals surface area contributed by atoms with Crippen LogP contribution >= 0.6 is 0 Å². The molecule has 2 aromatic carbocycles. The molecule has 0 N–H and O–H groups in total. The number of ether oxygens (including phenoxy) is 1. The first-order chi connectivity index (χ1) is 16.5. The number of sulfone groups is 1. The maximum Gasteiger partial charge on any atom is 0.310 e. The van der Waals surface area contributed by atoms with Crippen LogP contribution in [-0.4, -0.2) is 44.4 Å². The fraction of sp³-hybridized carbons (Fsp3) is 0.261. The van der Waals surface area contributed by atoms with E-state index >= 15 is 0 Å². The highest BCUT2D eigenvalue weighted by atomic mass is 32.2. The highest BCUT2D eigenvalue weighted by molar-refractivity contribution is 7.90. The second-order valence-electron chi connectivity index (χ2n) is 7.52. The van der Waals surface area contributed by atoms with Crippen molar-refractivity contribution in [3.8, 4) is 23.4 Å². The highest BCUT2D eigenvalue weighted by Gasteiger charge is 2.27. The third-order valence-corrected chi connectivity index (χ3v) is 7.26. The third-order valence-electron chi connectivity index (χ3n) is 4.83. The highest BCUT2D eigenvalue weighted by Crippen LogP contribution is 2.32. The van der Waals surface area contributed by atoms with Gasteiger partial charge in [-0.25, -0.2) is 13.1 Å². The Kier molecular flexibility index (Phi) is 7.62. The lowest BCUT2D eigenvalue weighted by molar-refractivity contribution is 0.103. The molecule has 3 rings (SSSR count). The van der Waals surface area contributed by atoms with Gasteiger partial charge in [0, 0.05) is 18.9 Å². The zero-order valence-electron chi connectivity index (χ0n) is 19.3. The number of rotatable bonds is 10. The second-order valence-corrected chi connectivity index (χ2v) is 11.2. The van der Waals surface area contributed by atoms with Gasteiger partial charge in [-0.3, -0.25) is 4.79 Å². The van der Waals surface area contributed by atoms with Crippen molar-refractivity contribution >= 4 is 25.7 Å². The number of hydrogen-bond acceptors (Lipinski definition) is 9. The van der Waals surface area contributed by atoms with E-state index in [9.17, 15) is 21.6 Å². The Labute approximate surface area is 203 Å². The monoisotopic (exact) mass is 517 g/mol. The van der Waals surface area contributed by atoms with Crippen molar-refractivity contribution < 1.29 is 30.6 Å². The van der Waals surface area contributed by atoms with Gasteiger partial charge >= 0.3 is 10.1 Å². The lowest BCUT2D eigenvalue weighted by Crippen LogP contribution is -2.17. The number of carbonyl (C=O) groups excluding carboxylic acids is 1. The van der Waals surface area contributed by atoms with Crippen molar-refractivity contribution in [1.29, 1.82) is 5.26 Å². The summed E-state index contributed by atoms with van der Waals surface area (Å²) >= 11 is 0. The average molecular weight is 518 g/mol. The molecule has 0 saturated heterocycles. The van der Waals surface area contributed by atoms with E-state index < -0.39 is 25.7 Å². The van der Waals surface area contributed by atoms with Gasteiger partial charge in [0.2, 0.25) is 11.7 Å². The van der Waals surface area contributed by atoms with E-state index in [0.29, 0.717) is 12.0 Å². The molecule has 0 unspecified atom stereocenters. The van der Waals surface area contributed by atoms with Crippen molar-refractivity contribution in [2.45, 2.75) is 31.7 Å². The molecule has 1 heterocycles. The van der Waals surface area contributed by atoms with Crippen molar-refractivity contribution in [1.82, 2.24) is 9.78 Å². The number of carbonyl (C=O) groups is 1. The van der Waals surface area contributed by atoms with Crippen molar-refractivity contribution in [3.63, 3.8) is 0 Å². The normalized spacial score (nSPS) is 11.6. The molecule has 0 aliphatic carbocycles. The number of aryl methyl sites for hydroxylation is 1. The van der Waals surface area contributed by atoms with Crippen molar-refractivity contribution in [2.75, 3.05) is 12.0 Å². The summed E-state index contributed by atoms with van der Waals surface area (Å²) < 4.78 is 61.1. The number of ketones is 1. The van der Waals surface area contributed by atoms with Crippen LogP contribution in [0.1, 0.15) is 41.8 Å². The summed E-state index contributed by atoms with van der Waals surface area (Å²) in [5, 5.41) is 13.0. The number of nitriles is 1. The van der Waals surface area contributed by atoms with Crippen LogP contribution in [0.5, 0.6) is 17.4 Å². The van der Waals surface area contributed by atoms with E-state index in [1.807, 2.05) is 6.07 Å². The van der Waals surface area contributed by atoms with E-state index in [1.165, 1.54) is 53.3 Å². The molecular weight excluding hydrogens is 494 g/mol. The minimum atomic E-state index is -3.97. The first-order valence-electron chi connectivity index (χ1n) is 10.5. The maximum atomic E-state index is 13.5. The molecule has 184 valence electrons. The van der Waals surface area contributed by atoms with E-state index in [0.717, 1.165) is 6.26 Å². The van der Waals surface area contributed by atoms with E-state index in [4.69, 9.17) is 14.2 Å². The summed E-state index contributed by atoms with van der Waals surface area (Å²) in [6.45, 7) is 3.63. The van der Waals surface area contributed by atoms with Gasteiger partial charge in [-0.1, -0.05) is 6.92 Å². The van der Waals surface area contributed by atoms with Gasteiger partial charge in [0.15, 0.2) is 9.84 Å². The molecule has 10 nitrogen and oxygen atoms in total. The first-order valence-corrected chi connectivity index (χ1v) is 14.0. The SMILES string of the molecule is CCCS(=O)(=O)Oc1c(C(=O)c2ccc(S(C)(=O)=O)cc2Oc2ccc(C#N)cc2)cnn1CC. The summed E-state index contributed by atoms with van der Waals surface area (Å²) in [4.78, 5) is 13.4. The number of hydrogen-bond donors (Lipinski definition) is 0.